The quantitative estimate of drug-likeness (QED) is 0.763. The van der Waals surface area contributed by atoms with Crippen molar-refractivity contribution in [1.82, 2.24) is 10.3 Å². The molecule has 0 aliphatic carbocycles. The van der Waals surface area contributed by atoms with Gasteiger partial charge in [0.1, 0.15) is 0 Å². The molecule has 0 saturated heterocycles. The number of hydrogen-bond acceptors (Lipinski definition) is 3. The first-order chi connectivity index (χ1) is 11.3. The number of H-pyrrole nitrogens is 1. The Hall–Kier alpha value is -3.14. The van der Waals surface area contributed by atoms with Crippen molar-refractivity contribution in [1.29, 1.82) is 0 Å². The van der Waals surface area contributed by atoms with Crippen LogP contribution in [-0.2, 0) is 0 Å². The van der Waals surface area contributed by atoms with Crippen LogP contribution in [0, 0.1) is 0 Å². The fraction of sp³-hybridized carbons (Fsp3) is 0.0526. The smallest absolute Gasteiger partial charge is 0.257 e. The van der Waals surface area contributed by atoms with Crippen LogP contribution in [0.25, 0.3) is 16.6 Å². The molecule has 112 valence electrons. The molecule has 0 amide bonds. The van der Waals surface area contributed by atoms with Crippen molar-refractivity contribution in [2.75, 3.05) is 0 Å². The van der Waals surface area contributed by atoms with E-state index in [0.717, 1.165) is 22.2 Å². The number of nitrogens with zero attached hydrogens (tertiary/aromatic N) is 1. The van der Waals surface area contributed by atoms with Crippen molar-refractivity contribution in [3.63, 3.8) is 0 Å². The maximum absolute atomic E-state index is 12.4. The molecule has 4 nitrogen and oxygen atoms in total. The number of rotatable bonds is 2. The molecule has 2 aromatic carbocycles. The minimum Gasteiger partial charge on any atom is -0.346 e. The molecule has 0 radical (unpaired) electrons. The number of hydrogen-bond donors (Lipinski definition) is 2. The van der Waals surface area contributed by atoms with E-state index in [2.05, 4.69) is 15.3 Å². The van der Waals surface area contributed by atoms with E-state index in [0.29, 0.717) is 5.56 Å². The van der Waals surface area contributed by atoms with E-state index in [4.69, 9.17) is 0 Å². The number of fused-ring (bicyclic) bond motifs is 1. The maximum atomic E-state index is 12.4. The lowest BCUT2D eigenvalue weighted by atomic mass is 10.0. The van der Waals surface area contributed by atoms with Crippen molar-refractivity contribution >= 4 is 22.9 Å². The summed E-state index contributed by atoms with van der Waals surface area (Å²) in [5.74, 6) is 0. The number of para-hydroxylation sites is 1. The number of aliphatic imine (C=N–C) groups is 1. The van der Waals surface area contributed by atoms with Gasteiger partial charge in [0, 0.05) is 5.52 Å². The summed E-state index contributed by atoms with van der Waals surface area (Å²) in [6.45, 7) is 0. The molecule has 1 aromatic heterocycles. The second-order valence-electron chi connectivity index (χ2n) is 5.46. The highest BCUT2D eigenvalue weighted by Crippen LogP contribution is 2.25. The van der Waals surface area contributed by atoms with E-state index in [1.165, 1.54) is 0 Å². The van der Waals surface area contributed by atoms with Crippen LogP contribution in [0.5, 0.6) is 0 Å². The molecule has 1 unspecified atom stereocenters. The highest BCUT2D eigenvalue weighted by molar-refractivity contribution is 5.85. The Bertz CT molecular complexity index is 971. The Kier molecular flexibility index (Phi) is 3.27. The van der Waals surface area contributed by atoms with Crippen LogP contribution in [0.1, 0.15) is 17.2 Å². The van der Waals surface area contributed by atoms with Gasteiger partial charge in [-0.1, -0.05) is 48.5 Å². The van der Waals surface area contributed by atoms with Crippen LogP contribution in [0.15, 0.2) is 76.5 Å². The Balaban J connectivity index is 1.80. The van der Waals surface area contributed by atoms with Gasteiger partial charge < -0.3 is 10.3 Å². The number of benzene rings is 2. The zero-order valence-electron chi connectivity index (χ0n) is 12.4. The normalized spacial score (nSPS) is 16.9. The molecule has 4 heteroatoms. The van der Waals surface area contributed by atoms with Gasteiger partial charge in [-0.05, 0) is 29.2 Å². The van der Waals surface area contributed by atoms with Crippen LogP contribution >= 0.6 is 0 Å². The predicted octanol–water partition coefficient (Wildman–Crippen LogP) is 3.24. The average molecular weight is 301 g/mol. The Morgan fingerprint density at radius 2 is 1.74 bits per heavy atom. The Labute approximate surface area is 133 Å². The van der Waals surface area contributed by atoms with Crippen LogP contribution in [0.4, 0.5) is 0 Å². The second kappa shape index (κ2) is 5.57. The van der Waals surface area contributed by atoms with Gasteiger partial charge in [0.2, 0.25) is 0 Å². The van der Waals surface area contributed by atoms with E-state index in [1.54, 1.807) is 6.34 Å². The standard InChI is InChI=1S/C19H15N3O/c23-19-15(10-14-8-4-5-9-16(14)22-19)18-11-17(20-12-21-18)13-6-2-1-3-7-13/h1-12,17H,(H,20,21)(H,22,23). The number of pyridine rings is 1. The summed E-state index contributed by atoms with van der Waals surface area (Å²) in [4.78, 5) is 19.8. The van der Waals surface area contributed by atoms with Crippen molar-refractivity contribution < 1.29 is 0 Å². The molecule has 23 heavy (non-hydrogen) atoms. The lowest BCUT2D eigenvalue weighted by Gasteiger charge is -2.17. The third-order valence-corrected chi connectivity index (χ3v) is 3.96. The van der Waals surface area contributed by atoms with Crippen LogP contribution in [-0.4, -0.2) is 11.3 Å². The van der Waals surface area contributed by atoms with Gasteiger partial charge in [-0.25, -0.2) is 0 Å². The van der Waals surface area contributed by atoms with Gasteiger partial charge in [-0.3, -0.25) is 9.79 Å². The summed E-state index contributed by atoms with van der Waals surface area (Å²) >= 11 is 0. The molecule has 4 rings (SSSR count). The first kappa shape index (κ1) is 13.5. The zero-order valence-corrected chi connectivity index (χ0v) is 12.4. The van der Waals surface area contributed by atoms with E-state index < -0.39 is 0 Å². The van der Waals surface area contributed by atoms with E-state index in [1.807, 2.05) is 66.7 Å². The molecule has 2 heterocycles. The lowest BCUT2D eigenvalue weighted by molar-refractivity contribution is 0.890. The molecule has 3 aromatic rings. The van der Waals surface area contributed by atoms with Crippen molar-refractivity contribution in [2.24, 2.45) is 4.99 Å². The summed E-state index contributed by atoms with van der Waals surface area (Å²) in [5, 5.41) is 4.09. The number of aromatic amines is 1. The molecule has 0 fully saturated rings. The molecule has 1 atom stereocenters. The molecule has 0 spiro atoms. The van der Waals surface area contributed by atoms with Gasteiger partial charge in [-0.2, -0.15) is 0 Å². The third-order valence-electron chi connectivity index (χ3n) is 3.96. The highest BCUT2D eigenvalue weighted by atomic mass is 16.1. The molecule has 0 bridgehead atoms. The van der Waals surface area contributed by atoms with Gasteiger partial charge in [-0.15, -0.1) is 0 Å². The number of aromatic nitrogens is 1. The van der Waals surface area contributed by atoms with E-state index >= 15 is 0 Å². The summed E-state index contributed by atoms with van der Waals surface area (Å²) < 4.78 is 0. The minimum absolute atomic E-state index is 0.0849. The topological polar surface area (TPSA) is 57.2 Å². The fourth-order valence-corrected chi connectivity index (χ4v) is 2.78. The van der Waals surface area contributed by atoms with Crippen molar-refractivity contribution in [2.45, 2.75) is 6.04 Å². The van der Waals surface area contributed by atoms with Gasteiger partial charge in [0.15, 0.2) is 0 Å². The van der Waals surface area contributed by atoms with Gasteiger partial charge in [0.25, 0.3) is 5.56 Å². The molecule has 2 N–H and O–H groups in total. The fourth-order valence-electron chi connectivity index (χ4n) is 2.78. The molecule has 1 aliphatic rings. The van der Waals surface area contributed by atoms with E-state index in [-0.39, 0.29) is 11.6 Å². The third kappa shape index (κ3) is 2.55. The van der Waals surface area contributed by atoms with Crippen molar-refractivity contribution in [3.8, 4) is 0 Å². The SMILES string of the molecule is O=c1[nH]c2ccccc2cc1C1=CC(c2ccccc2)N=CN1. The first-order valence-electron chi connectivity index (χ1n) is 7.49. The molecular weight excluding hydrogens is 286 g/mol. The van der Waals surface area contributed by atoms with Crippen LogP contribution < -0.4 is 10.9 Å². The maximum Gasteiger partial charge on any atom is 0.257 e. The van der Waals surface area contributed by atoms with E-state index in [9.17, 15) is 4.79 Å². The van der Waals surface area contributed by atoms with Crippen LogP contribution in [0.2, 0.25) is 0 Å². The lowest BCUT2D eigenvalue weighted by Crippen LogP contribution is -2.22. The first-order valence-corrected chi connectivity index (χ1v) is 7.49. The number of nitrogens with one attached hydrogen (secondary N) is 2. The predicted molar refractivity (Wildman–Crippen MR) is 93.4 cm³/mol. The monoisotopic (exact) mass is 301 g/mol. The highest BCUT2D eigenvalue weighted by Gasteiger charge is 2.15. The molecule has 0 saturated carbocycles. The molecule has 1 aliphatic heterocycles. The molecular formula is C19H15N3O. The van der Waals surface area contributed by atoms with Gasteiger partial charge in [0.05, 0.1) is 23.6 Å². The largest absolute Gasteiger partial charge is 0.346 e. The Morgan fingerprint density at radius 3 is 2.61 bits per heavy atom. The van der Waals surface area contributed by atoms with Gasteiger partial charge >= 0.3 is 0 Å². The summed E-state index contributed by atoms with van der Waals surface area (Å²) in [7, 11) is 0. The zero-order chi connectivity index (χ0) is 15.6. The minimum atomic E-state index is -0.107. The summed E-state index contributed by atoms with van der Waals surface area (Å²) in [5.41, 5.74) is 3.23. The summed E-state index contributed by atoms with van der Waals surface area (Å²) in [6.07, 6.45) is 3.64. The Morgan fingerprint density at radius 1 is 0.957 bits per heavy atom. The van der Waals surface area contributed by atoms with Crippen molar-refractivity contribution in [3.05, 3.63) is 88.2 Å². The second-order valence-corrected chi connectivity index (χ2v) is 5.46. The average Bonchev–Trinajstić information content (AvgIpc) is 2.62. The summed E-state index contributed by atoms with van der Waals surface area (Å²) in [6, 6.07) is 19.6. The van der Waals surface area contributed by atoms with Crippen LogP contribution in [0.3, 0.4) is 0 Å².